The second kappa shape index (κ2) is 8.44. The van der Waals surface area contributed by atoms with E-state index in [1.54, 1.807) is 18.2 Å². The Morgan fingerprint density at radius 3 is 2.26 bits per heavy atom. The standard InChI is InChI=1S/C21H24ClN3O2/c1-14-9-11-25(12-10-14)18-6-4-17(5-7-18)23-20(26)21(27)24-19-8-3-16(22)13-15(19)2/h3-8,13-14H,9-12H2,1-2H3,(H,23,26)(H,24,27). The number of hydrogen-bond donors (Lipinski definition) is 2. The monoisotopic (exact) mass is 385 g/mol. The summed E-state index contributed by atoms with van der Waals surface area (Å²) in [5.74, 6) is -0.638. The predicted octanol–water partition coefficient (Wildman–Crippen LogP) is 4.46. The van der Waals surface area contributed by atoms with Crippen molar-refractivity contribution < 1.29 is 9.59 Å². The van der Waals surface area contributed by atoms with Crippen molar-refractivity contribution in [1.82, 2.24) is 0 Å². The highest BCUT2D eigenvalue weighted by Gasteiger charge is 2.17. The molecule has 1 aliphatic heterocycles. The van der Waals surface area contributed by atoms with Gasteiger partial charge in [-0.15, -0.1) is 0 Å². The minimum absolute atomic E-state index is 0.564. The maximum atomic E-state index is 12.2. The lowest BCUT2D eigenvalue weighted by molar-refractivity contribution is -0.133. The van der Waals surface area contributed by atoms with Crippen molar-refractivity contribution in [2.75, 3.05) is 28.6 Å². The van der Waals surface area contributed by atoms with Crippen LogP contribution in [0.3, 0.4) is 0 Å². The lowest BCUT2D eigenvalue weighted by Crippen LogP contribution is -2.32. The molecule has 2 aromatic rings. The van der Waals surface area contributed by atoms with Gasteiger partial charge in [0, 0.05) is 35.2 Å². The molecule has 1 saturated heterocycles. The minimum atomic E-state index is -0.713. The molecule has 0 aromatic heterocycles. The second-order valence-corrected chi connectivity index (χ2v) is 7.52. The Kier molecular flexibility index (Phi) is 6.01. The van der Waals surface area contributed by atoms with Crippen LogP contribution in [-0.4, -0.2) is 24.9 Å². The van der Waals surface area contributed by atoms with Crippen LogP contribution in [0.25, 0.3) is 0 Å². The molecule has 0 radical (unpaired) electrons. The summed E-state index contributed by atoms with van der Waals surface area (Å²) >= 11 is 5.90. The first kappa shape index (κ1) is 19.2. The first-order valence-electron chi connectivity index (χ1n) is 9.16. The van der Waals surface area contributed by atoms with Gasteiger partial charge in [0.05, 0.1) is 0 Å². The number of anilines is 3. The molecule has 0 bridgehead atoms. The average Bonchev–Trinajstić information content (AvgIpc) is 2.65. The van der Waals surface area contributed by atoms with Crippen LogP contribution in [0.15, 0.2) is 42.5 Å². The number of carbonyl (C=O) groups excluding carboxylic acids is 2. The van der Waals surface area contributed by atoms with Crippen LogP contribution in [0.5, 0.6) is 0 Å². The zero-order valence-corrected chi connectivity index (χ0v) is 16.3. The third-order valence-electron chi connectivity index (χ3n) is 4.92. The Bertz CT molecular complexity index is 828. The van der Waals surface area contributed by atoms with E-state index in [1.165, 1.54) is 12.8 Å². The van der Waals surface area contributed by atoms with E-state index in [9.17, 15) is 9.59 Å². The topological polar surface area (TPSA) is 61.4 Å². The SMILES string of the molecule is Cc1cc(Cl)ccc1NC(=O)C(=O)Nc1ccc(N2CCC(C)CC2)cc1. The van der Waals surface area contributed by atoms with E-state index in [4.69, 9.17) is 11.6 Å². The predicted molar refractivity (Wildman–Crippen MR) is 111 cm³/mol. The summed E-state index contributed by atoms with van der Waals surface area (Å²) in [5, 5.41) is 5.82. The summed E-state index contributed by atoms with van der Waals surface area (Å²) in [6.45, 7) is 6.21. The van der Waals surface area contributed by atoms with Gasteiger partial charge in [0.15, 0.2) is 0 Å². The number of aryl methyl sites for hydroxylation is 1. The number of nitrogens with one attached hydrogen (secondary N) is 2. The number of halogens is 1. The molecule has 27 heavy (non-hydrogen) atoms. The normalized spacial score (nSPS) is 14.7. The van der Waals surface area contributed by atoms with E-state index in [2.05, 4.69) is 22.5 Å². The molecule has 2 N–H and O–H groups in total. The highest BCUT2D eigenvalue weighted by atomic mass is 35.5. The van der Waals surface area contributed by atoms with Gasteiger partial charge in [-0.3, -0.25) is 9.59 Å². The van der Waals surface area contributed by atoms with Crippen molar-refractivity contribution >= 4 is 40.5 Å². The summed E-state index contributed by atoms with van der Waals surface area (Å²) in [6, 6.07) is 12.7. The highest BCUT2D eigenvalue weighted by molar-refractivity contribution is 6.43. The highest BCUT2D eigenvalue weighted by Crippen LogP contribution is 2.24. The van der Waals surface area contributed by atoms with E-state index in [-0.39, 0.29) is 0 Å². The molecule has 0 atom stereocenters. The molecule has 3 rings (SSSR count). The number of carbonyl (C=O) groups is 2. The minimum Gasteiger partial charge on any atom is -0.372 e. The molecule has 1 aliphatic rings. The Balaban J connectivity index is 1.57. The Morgan fingerprint density at radius 2 is 1.63 bits per heavy atom. The van der Waals surface area contributed by atoms with Crippen molar-refractivity contribution in [1.29, 1.82) is 0 Å². The molecule has 0 saturated carbocycles. The molecule has 6 heteroatoms. The van der Waals surface area contributed by atoms with E-state index in [0.717, 1.165) is 30.3 Å². The number of amides is 2. The quantitative estimate of drug-likeness (QED) is 0.766. The van der Waals surface area contributed by atoms with Gasteiger partial charge < -0.3 is 15.5 Å². The van der Waals surface area contributed by atoms with Crippen LogP contribution in [-0.2, 0) is 9.59 Å². The lowest BCUT2D eigenvalue weighted by atomic mass is 9.99. The second-order valence-electron chi connectivity index (χ2n) is 7.08. The molecule has 0 spiro atoms. The van der Waals surface area contributed by atoms with Crippen molar-refractivity contribution in [3.8, 4) is 0 Å². The fourth-order valence-corrected chi connectivity index (χ4v) is 3.38. The van der Waals surface area contributed by atoms with Crippen LogP contribution in [0.4, 0.5) is 17.1 Å². The molecule has 1 heterocycles. The fraction of sp³-hybridized carbons (Fsp3) is 0.333. The van der Waals surface area contributed by atoms with Crippen molar-refractivity contribution in [2.45, 2.75) is 26.7 Å². The third-order valence-corrected chi connectivity index (χ3v) is 5.15. The van der Waals surface area contributed by atoms with Gasteiger partial charge in [0.25, 0.3) is 0 Å². The van der Waals surface area contributed by atoms with Gasteiger partial charge in [0.1, 0.15) is 0 Å². The molecular weight excluding hydrogens is 362 g/mol. The first-order chi connectivity index (χ1) is 12.9. The zero-order valence-electron chi connectivity index (χ0n) is 15.6. The Labute approximate surface area is 164 Å². The van der Waals surface area contributed by atoms with Crippen LogP contribution in [0.2, 0.25) is 5.02 Å². The van der Waals surface area contributed by atoms with Gasteiger partial charge >= 0.3 is 11.8 Å². The van der Waals surface area contributed by atoms with Gasteiger partial charge in [-0.25, -0.2) is 0 Å². The fourth-order valence-electron chi connectivity index (χ4n) is 3.16. The zero-order chi connectivity index (χ0) is 19.4. The van der Waals surface area contributed by atoms with Crippen LogP contribution in [0.1, 0.15) is 25.3 Å². The van der Waals surface area contributed by atoms with Gasteiger partial charge in [-0.2, -0.15) is 0 Å². The van der Waals surface area contributed by atoms with Crippen molar-refractivity contribution in [3.05, 3.63) is 53.1 Å². The molecular formula is C21H24ClN3O2. The Hall–Kier alpha value is -2.53. The first-order valence-corrected chi connectivity index (χ1v) is 9.53. The maximum Gasteiger partial charge on any atom is 0.314 e. The molecule has 1 fully saturated rings. The van der Waals surface area contributed by atoms with Crippen molar-refractivity contribution in [2.24, 2.45) is 5.92 Å². The molecule has 142 valence electrons. The van der Waals surface area contributed by atoms with Gasteiger partial charge in [-0.05, 0) is 73.7 Å². The summed E-state index contributed by atoms with van der Waals surface area (Å²) in [4.78, 5) is 26.6. The van der Waals surface area contributed by atoms with Crippen LogP contribution >= 0.6 is 11.6 Å². The summed E-state index contributed by atoms with van der Waals surface area (Å²) in [7, 11) is 0. The smallest absolute Gasteiger partial charge is 0.314 e. The van der Waals surface area contributed by atoms with Crippen LogP contribution in [0, 0.1) is 12.8 Å². The average molecular weight is 386 g/mol. The van der Waals surface area contributed by atoms with E-state index in [0.29, 0.717) is 16.4 Å². The largest absolute Gasteiger partial charge is 0.372 e. The van der Waals surface area contributed by atoms with Crippen LogP contribution < -0.4 is 15.5 Å². The van der Waals surface area contributed by atoms with Gasteiger partial charge in [0.2, 0.25) is 0 Å². The third kappa shape index (κ3) is 5.01. The molecule has 2 aromatic carbocycles. The summed E-state index contributed by atoms with van der Waals surface area (Å²) in [6.07, 6.45) is 2.39. The lowest BCUT2D eigenvalue weighted by Gasteiger charge is -2.32. The number of nitrogens with zero attached hydrogens (tertiary/aromatic N) is 1. The van der Waals surface area contributed by atoms with E-state index < -0.39 is 11.8 Å². The number of piperidine rings is 1. The summed E-state index contributed by atoms with van der Waals surface area (Å²) in [5.41, 5.74) is 3.09. The van der Waals surface area contributed by atoms with Gasteiger partial charge in [-0.1, -0.05) is 18.5 Å². The summed E-state index contributed by atoms with van der Waals surface area (Å²) < 4.78 is 0. The maximum absolute atomic E-state index is 12.2. The number of rotatable bonds is 3. The van der Waals surface area contributed by atoms with E-state index >= 15 is 0 Å². The Morgan fingerprint density at radius 1 is 1.00 bits per heavy atom. The number of benzene rings is 2. The molecule has 2 amide bonds. The molecule has 5 nitrogen and oxygen atoms in total. The molecule has 0 unspecified atom stereocenters. The number of hydrogen-bond acceptors (Lipinski definition) is 3. The molecule has 0 aliphatic carbocycles. The van der Waals surface area contributed by atoms with Crippen molar-refractivity contribution in [3.63, 3.8) is 0 Å². The van der Waals surface area contributed by atoms with E-state index in [1.807, 2.05) is 31.2 Å².